The van der Waals surface area contributed by atoms with Gasteiger partial charge >= 0.3 is 5.97 Å². The van der Waals surface area contributed by atoms with Gasteiger partial charge in [0.25, 0.3) is 0 Å². The number of para-hydroxylation sites is 1. The average molecular weight is 328 g/mol. The lowest BCUT2D eigenvalue weighted by atomic mass is 10.2. The minimum atomic E-state index is -1.08. The first-order chi connectivity index (χ1) is 8.58. The van der Waals surface area contributed by atoms with Crippen LogP contribution in [0.1, 0.15) is 10.4 Å². The Labute approximate surface area is 117 Å². The highest BCUT2D eigenvalue weighted by molar-refractivity contribution is 9.10. The van der Waals surface area contributed by atoms with Gasteiger partial charge in [0.2, 0.25) is 0 Å². The molecule has 0 aromatic heterocycles. The highest BCUT2D eigenvalue weighted by Gasteiger charge is 2.13. The standard InChI is InChI=1S/C13H8BrClO3/c14-10-3-1-2-4-12(10)18-11-6-5-8(15)7-9(11)13(16)17/h1-7H,(H,16,17). The van der Waals surface area contributed by atoms with E-state index in [0.717, 1.165) is 4.47 Å². The molecule has 0 aliphatic heterocycles. The van der Waals surface area contributed by atoms with Gasteiger partial charge in [-0.05, 0) is 46.3 Å². The van der Waals surface area contributed by atoms with Crippen LogP contribution in [0.15, 0.2) is 46.9 Å². The van der Waals surface area contributed by atoms with Crippen molar-refractivity contribution in [1.82, 2.24) is 0 Å². The lowest BCUT2D eigenvalue weighted by Crippen LogP contribution is -2.00. The van der Waals surface area contributed by atoms with Gasteiger partial charge in [-0.1, -0.05) is 23.7 Å². The number of carboxylic acids is 1. The first-order valence-corrected chi connectivity index (χ1v) is 6.20. The SMILES string of the molecule is O=C(O)c1cc(Cl)ccc1Oc1ccccc1Br. The predicted molar refractivity (Wildman–Crippen MR) is 72.6 cm³/mol. The molecule has 5 heteroatoms. The van der Waals surface area contributed by atoms with Crippen LogP contribution in [0.4, 0.5) is 0 Å². The smallest absolute Gasteiger partial charge is 0.339 e. The second-order valence-electron chi connectivity index (χ2n) is 3.48. The van der Waals surface area contributed by atoms with E-state index in [1.54, 1.807) is 18.2 Å². The fourth-order valence-electron chi connectivity index (χ4n) is 1.40. The molecule has 0 atom stereocenters. The topological polar surface area (TPSA) is 46.5 Å². The summed E-state index contributed by atoms with van der Waals surface area (Å²) in [6, 6.07) is 11.7. The zero-order chi connectivity index (χ0) is 13.1. The van der Waals surface area contributed by atoms with E-state index in [2.05, 4.69) is 15.9 Å². The van der Waals surface area contributed by atoms with Crippen molar-refractivity contribution >= 4 is 33.5 Å². The third kappa shape index (κ3) is 2.83. The van der Waals surface area contributed by atoms with Gasteiger partial charge in [-0.2, -0.15) is 0 Å². The van der Waals surface area contributed by atoms with E-state index in [1.165, 1.54) is 12.1 Å². The van der Waals surface area contributed by atoms with Crippen molar-refractivity contribution in [3.8, 4) is 11.5 Å². The molecule has 0 amide bonds. The summed E-state index contributed by atoms with van der Waals surface area (Å²) in [5, 5.41) is 9.44. The number of hydrogen-bond donors (Lipinski definition) is 1. The predicted octanol–water partition coefficient (Wildman–Crippen LogP) is 4.59. The first kappa shape index (κ1) is 12.9. The fourth-order valence-corrected chi connectivity index (χ4v) is 1.94. The molecule has 2 rings (SSSR count). The molecule has 18 heavy (non-hydrogen) atoms. The summed E-state index contributed by atoms with van der Waals surface area (Å²) in [7, 11) is 0. The van der Waals surface area contributed by atoms with E-state index >= 15 is 0 Å². The summed E-state index contributed by atoms with van der Waals surface area (Å²) in [4.78, 5) is 11.1. The van der Waals surface area contributed by atoms with Crippen molar-refractivity contribution in [3.63, 3.8) is 0 Å². The Morgan fingerprint density at radius 2 is 1.89 bits per heavy atom. The van der Waals surface area contributed by atoms with Crippen LogP contribution in [0.2, 0.25) is 5.02 Å². The highest BCUT2D eigenvalue weighted by atomic mass is 79.9. The third-order valence-corrected chi connectivity index (χ3v) is 3.12. The maximum Gasteiger partial charge on any atom is 0.339 e. The molecular formula is C13H8BrClO3. The Morgan fingerprint density at radius 1 is 1.17 bits per heavy atom. The summed E-state index contributed by atoms with van der Waals surface area (Å²) in [6.07, 6.45) is 0. The molecule has 0 heterocycles. The molecule has 0 aliphatic carbocycles. The zero-order valence-electron chi connectivity index (χ0n) is 9.06. The van der Waals surface area contributed by atoms with Crippen molar-refractivity contribution in [2.75, 3.05) is 0 Å². The number of halogens is 2. The summed E-state index contributed by atoms with van der Waals surface area (Å²) < 4.78 is 6.32. The summed E-state index contributed by atoms with van der Waals surface area (Å²) in [5.41, 5.74) is 0.0262. The molecule has 0 spiro atoms. The van der Waals surface area contributed by atoms with Crippen molar-refractivity contribution in [2.24, 2.45) is 0 Å². The third-order valence-electron chi connectivity index (χ3n) is 2.23. The number of benzene rings is 2. The van der Waals surface area contributed by atoms with E-state index in [-0.39, 0.29) is 11.3 Å². The number of hydrogen-bond acceptors (Lipinski definition) is 2. The number of carboxylic acid groups (broad SMARTS) is 1. The molecule has 92 valence electrons. The minimum absolute atomic E-state index is 0.0262. The van der Waals surface area contributed by atoms with Gasteiger partial charge in [0.1, 0.15) is 17.1 Å². The van der Waals surface area contributed by atoms with Crippen LogP contribution in [0.25, 0.3) is 0 Å². The van der Waals surface area contributed by atoms with E-state index in [1.807, 2.05) is 12.1 Å². The van der Waals surface area contributed by atoms with E-state index in [0.29, 0.717) is 10.8 Å². The van der Waals surface area contributed by atoms with Crippen molar-refractivity contribution < 1.29 is 14.6 Å². The van der Waals surface area contributed by atoms with Gasteiger partial charge in [-0.15, -0.1) is 0 Å². The van der Waals surface area contributed by atoms with Gasteiger partial charge in [0, 0.05) is 5.02 Å². The maximum absolute atomic E-state index is 11.1. The first-order valence-electron chi connectivity index (χ1n) is 5.03. The van der Waals surface area contributed by atoms with Crippen LogP contribution < -0.4 is 4.74 Å². The summed E-state index contributed by atoms with van der Waals surface area (Å²) in [5.74, 6) is -0.291. The van der Waals surface area contributed by atoms with Gasteiger partial charge in [-0.25, -0.2) is 4.79 Å². The fraction of sp³-hybridized carbons (Fsp3) is 0. The van der Waals surface area contributed by atoms with Crippen LogP contribution in [-0.4, -0.2) is 11.1 Å². The van der Waals surface area contributed by atoms with E-state index in [4.69, 9.17) is 21.4 Å². The molecule has 0 saturated heterocycles. The Hall–Kier alpha value is -1.52. The molecular weight excluding hydrogens is 319 g/mol. The van der Waals surface area contributed by atoms with Crippen LogP contribution in [0, 0.1) is 0 Å². The van der Waals surface area contributed by atoms with Gasteiger partial charge in [-0.3, -0.25) is 0 Å². The second-order valence-corrected chi connectivity index (χ2v) is 4.77. The monoisotopic (exact) mass is 326 g/mol. The minimum Gasteiger partial charge on any atom is -0.478 e. The van der Waals surface area contributed by atoms with Crippen LogP contribution in [0.3, 0.4) is 0 Å². The maximum atomic E-state index is 11.1. The molecule has 2 aromatic carbocycles. The number of carbonyl (C=O) groups is 1. The molecule has 2 aromatic rings. The second kappa shape index (κ2) is 5.42. The number of aromatic carboxylic acids is 1. The number of ether oxygens (including phenoxy) is 1. The Bertz CT molecular complexity index is 599. The Kier molecular flexibility index (Phi) is 3.89. The largest absolute Gasteiger partial charge is 0.478 e. The van der Waals surface area contributed by atoms with Crippen LogP contribution in [0.5, 0.6) is 11.5 Å². The molecule has 0 unspecified atom stereocenters. The van der Waals surface area contributed by atoms with Crippen molar-refractivity contribution in [3.05, 3.63) is 57.5 Å². The molecule has 3 nitrogen and oxygen atoms in total. The molecule has 0 fully saturated rings. The molecule has 1 N–H and O–H groups in total. The van der Waals surface area contributed by atoms with Crippen molar-refractivity contribution in [1.29, 1.82) is 0 Å². The van der Waals surface area contributed by atoms with Crippen LogP contribution in [-0.2, 0) is 0 Å². The zero-order valence-corrected chi connectivity index (χ0v) is 11.4. The highest BCUT2D eigenvalue weighted by Crippen LogP contribution is 2.32. The van der Waals surface area contributed by atoms with Crippen LogP contribution >= 0.6 is 27.5 Å². The van der Waals surface area contributed by atoms with E-state index < -0.39 is 5.97 Å². The molecule has 0 saturated carbocycles. The van der Waals surface area contributed by atoms with Gasteiger partial charge < -0.3 is 9.84 Å². The summed E-state index contributed by atoms with van der Waals surface area (Å²) >= 11 is 9.10. The Balaban J connectivity index is 2.41. The Morgan fingerprint density at radius 3 is 2.56 bits per heavy atom. The number of rotatable bonds is 3. The normalized spacial score (nSPS) is 10.1. The summed E-state index contributed by atoms with van der Waals surface area (Å²) in [6.45, 7) is 0. The molecule has 0 radical (unpaired) electrons. The lowest BCUT2D eigenvalue weighted by Gasteiger charge is -2.10. The molecule has 0 bridgehead atoms. The van der Waals surface area contributed by atoms with Gasteiger partial charge in [0.05, 0.1) is 4.47 Å². The molecule has 0 aliphatic rings. The quantitative estimate of drug-likeness (QED) is 0.896. The van der Waals surface area contributed by atoms with Gasteiger partial charge in [0.15, 0.2) is 0 Å². The van der Waals surface area contributed by atoms with Crippen molar-refractivity contribution in [2.45, 2.75) is 0 Å². The van der Waals surface area contributed by atoms with E-state index in [9.17, 15) is 4.79 Å². The average Bonchev–Trinajstić information content (AvgIpc) is 2.34. The lowest BCUT2D eigenvalue weighted by molar-refractivity contribution is 0.0694.